The average Bonchev–Trinajstić information content (AvgIpc) is 2.75. The summed E-state index contributed by atoms with van der Waals surface area (Å²) in [4.78, 5) is 38.7. The van der Waals surface area contributed by atoms with Gasteiger partial charge in [-0.25, -0.2) is 0 Å². The van der Waals surface area contributed by atoms with Gasteiger partial charge in [0.15, 0.2) is 0 Å². The van der Waals surface area contributed by atoms with Gasteiger partial charge in [-0.15, -0.1) is 0 Å². The molecule has 0 radical (unpaired) electrons. The molecule has 0 saturated carbocycles. The topological polar surface area (TPSA) is 66.9 Å². The minimum atomic E-state index is -0.627. The maximum Gasteiger partial charge on any atom is 0.323 e. The highest BCUT2D eigenvalue weighted by atomic mass is 16.5. The molecule has 0 spiro atoms. The Morgan fingerprint density at radius 2 is 2.06 bits per heavy atom. The number of esters is 1. The number of likely N-dealkylation sites (N-methyl/N-ethyl adjacent to an activating group) is 1. The van der Waals surface area contributed by atoms with Crippen LogP contribution in [0, 0.1) is 11.8 Å². The second kappa shape index (κ2) is 4.10. The van der Waals surface area contributed by atoms with Gasteiger partial charge in [-0.2, -0.15) is 0 Å². The SMILES string of the molecule is CCN1C(=O)C2CN(C)C(C(=O)OC)C2C1=O. The number of ether oxygens (including phenoxy) is 1. The number of methoxy groups -OCH3 is 1. The van der Waals surface area contributed by atoms with Crippen molar-refractivity contribution in [3.05, 3.63) is 0 Å². The summed E-state index contributed by atoms with van der Waals surface area (Å²) in [6, 6.07) is -0.627. The molecule has 0 aromatic heterocycles. The predicted molar refractivity (Wildman–Crippen MR) is 57.8 cm³/mol. The first-order valence-corrected chi connectivity index (χ1v) is 5.66. The molecule has 2 fully saturated rings. The summed E-state index contributed by atoms with van der Waals surface area (Å²) in [7, 11) is 3.03. The van der Waals surface area contributed by atoms with Crippen molar-refractivity contribution in [2.24, 2.45) is 11.8 Å². The number of rotatable bonds is 2. The zero-order valence-corrected chi connectivity index (χ0v) is 10.2. The lowest BCUT2D eigenvalue weighted by Gasteiger charge is -2.22. The molecule has 6 nitrogen and oxygen atoms in total. The van der Waals surface area contributed by atoms with Crippen molar-refractivity contribution in [3.63, 3.8) is 0 Å². The van der Waals surface area contributed by atoms with Crippen molar-refractivity contribution < 1.29 is 19.1 Å². The molecule has 0 bridgehead atoms. The van der Waals surface area contributed by atoms with Crippen LogP contribution in [0.15, 0.2) is 0 Å². The van der Waals surface area contributed by atoms with E-state index in [-0.39, 0.29) is 11.8 Å². The van der Waals surface area contributed by atoms with Gasteiger partial charge in [-0.3, -0.25) is 24.2 Å². The Morgan fingerprint density at radius 1 is 1.41 bits per heavy atom. The predicted octanol–water partition coefficient (Wildman–Crippen LogP) is -0.905. The van der Waals surface area contributed by atoms with Crippen LogP contribution in [-0.4, -0.2) is 60.9 Å². The van der Waals surface area contributed by atoms with Gasteiger partial charge in [0.1, 0.15) is 6.04 Å². The van der Waals surface area contributed by atoms with Crippen molar-refractivity contribution in [1.82, 2.24) is 9.80 Å². The first-order chi connectivity index (χ1) is 8.02. The van der Waals surface area contributed by atoms with Crippen LogP contribution in [0.25, 0.3) is 0 Å². The van der Waals surface area contributed by atoms with Crippen LogP contribution in [0.2, 0.25) is 0 Å². The molecule has 2 amide bonds. The maximum atomic E-state index is 12.1. The standard InChI is InChI=1S/C11H16N2O4/c1-4-13-9(14)6-5-12(2)8(11(16)17-3)7(6)10(13)15/h6-8H,4-5H2,1-3H3. The molecule has 2 saturated heterocycles. The lowest BCUT2D eigenvalue weighted by molar-refractivity contribution is -0.151. The second-order valence-corrected chi connectivity index (χ2v) is 4.46. The molecule has 0 aromatic rings. The summed E-state index contributed by atoms with van der Waals surface area (Å²) in [5, 5.41) is 0. The number of hydrogen-bond donors (Lipinski definition) is 0. The molecule has 3 unspecified atom stereocenters. The molecule has 2 aliphatic heterocycles. The first kappa shape index (κ1) is 12.0. The number of carbonyl (C=O) groups excluding carboxylic acids is 3. The Kier molecular flexibility index (Phi) is 2.91. The molecule has 17 heavy (non-hydrogen) atoms. The van der Waals surface area contributed by atoms with Gasteiger partial charge in [-0.1, -0.05) is 0 Å². The van der Waals surface area contributed by atoms with Crippen LogP contribution >= 0.6 is 0 Å². The van der Waals surface area contributed by atoms with E-state index in [1.165, 1.54) is 12.0 Å². The lowest BCUT2D eigenvalue weighted by Crippen LogP contribution is -2.43. The first-order valence-electron chi connectivity index (χ1n) is 5.66. The summed E-state index contributed by atoms with van der Waals surface area (Å²) in [5.41, 5.74) is 0. The largest absolute Gasteiger partial charge is 0.468 e. The molecule has 0 N–H and O–H groups in total. The zero-order chi connectivity index (χ0) is 12.7. The van der Waals surface area contributed by atoms with E-state index in [0.29, 0.717) is 13.1 Å². The van der Waals surface area contributed by atoms with Crippen molar-refractivity contribution in [1.29, 1.82) is 0 Å². The Bertz CT molecular complexity index is 382. The van der Waals surface area contributed by atoms with E-state index in [2.05, 4.69) is 0 Å². The third-order valence-corrected chi connectivity index (χ3v) is 3.63. The average molecular weight is 240 g/mol. The third-order valence-electron chi connectivity index (χ3n) is 3.63. The van der Waals surface area contributed by atoms with Crippen molar-refractivity contribution in [3.8, 4) is 0 Å². The van der Waals surface area contributed by atoms with E-state index in [1.54, 1.807) is 18.9 Å². The molecule has 0 aromatic carbocycles. The van der Waals surface area contributed by atoms with Crippen LogP contribution in [-0.2, 0) is 19.1 Å². The number of carbonyl (C=O) groups is 3. The van der Waals surface area contributed by atoms with E-state index < -0.39 is 23.8 Å². The minimum absolute atomic E-state index is 0.166. The van der Waals surface area contributed by atoms with E-state index in [0.717, 1.165) is 0 Å². The summed E-state index contributed by atoms with van der Waals surface area (Å²) in [6.07, 6.45) is 0. The monoisotopic (exact) mass is 240 g/mol. The fourth-order valence-corrected chi connectivity index (χ4v) is 2.82. The van der Waals surface area contributed by atoms with Crippen molar-refractivity contribution in [2.75, 3.05) is 27.2 Å². The highest BCUT2D eigenvalue weighted by Gasteiger charge is 2.58. The number of fused-ring (bicyclic) bond motifs is 1. The Morgan fingerprint density at radius 3 is 2.59 bits per heavy atom. The molecule has 3 atom stereocenters. The molecule has 6 heteroatoms. The normalized spacial score (nSPS) is 33.1. The Hall–Kier alpha value is -1.43. The van der Waals surface area contributed by atoms with Crippen LogP contribution in [0.5, 0.6) is 0 Å². The molecule has 2 heterocycles. The highest BCUT2D eigenvalue weighted by Crippen LogP contribution is 2.37. The van der Waals surface area contributed by atoms with Crippen LogP contribution in [0.4, 0.5) is 0 Å². The Labute approximate surface area is 99.5 Å². The maximum absolute atomic E-state index is 12.1. The highest BCUT2D eigenvalue weighted by molar-refractivity contribution is 6.08. The smallest absolute Gasteiger partial charge is 0.323 e. The fraction of sp³-hybridized carbons (Fsp3) is 0.727. The number of likely N-dealkylation sites (tertiary alicyclic amines) is 2. The van der Waals surface area contributed by atoms with Crippen LogP contribution in [0.1, 0.15) is 6.92 Å². The number of nitrogens with zero attached hydrogens (tertiary/aromatic N) is 2. The molecular weight excluding hydrogens is 224 g/mol. The lowest BCUT2D eigenvalue weighted by atomic mass is 9.93. The summed E-state index contributed by atoms with van der Waals surface area (Å²) >= 11 is 0. The molecule has 2 rings (SSSR count). The van der Waals surface area contributed by atoms with Gasteiger partial charge in [-0.05, 0) is 14.0 Å². The summed E-state index contributed by atoms with van der Waals surface area (Å²) in [6.45, 7) is 2.56. The minimum Gasteiger partial charge on any atom is -0.468 e. The van der Waals surface area contributed by atoms with Gasteiger partial charge < -0.3 is 4.74 Å². The summed E-state index contributed by atoms with van der Waals surface area (Å²) in [5.74, 6) is -1.82. The van der Waals surface area contributed by atoms with Crippen molar-refractivity contribution in [2.45, 2.75) is 13.0 Å². The van der Waals surface area contributed by atoms with Crippen LogP contribution in [0.3, 0.4) is 0 Å². The second-order valence-electron chi connectivity index (χ2n) is 4.46. The summed E-state index contributed by atoms with van der Waals surface area (Å²) < 4.78 is 4.70. The number of amides is 2. The number of imide groups is 1. The van der Waals surface area contributed by atoms with E-state index in [9.17, 15) is 14.4 Å². The third kappa shape index (κ3) is 1.55. The number of hydrogen-bond acceptors (Lipinski definition) is 5. The van der Waals surface area contributed by atoms with Gasteiger partial charge in [0, 0.05) is 13.1 Å². The fourth-order valence-electron chi connectivity index (χ4n) is 2.82. The van der Waals surface area contributed by atoms with E-state index >= 15 is 0 Å². The zero-order valence-electron chi connectivity index (χ0n) is 10.2. The molecule has 94 valence electrons. The van der Waals surface area contributed by atoms with E-state index in [4.69, 9.17) is 4.74 Å². The van der Waals surface area contributed by atoms with Gasteiger partial charge in [0.2, 0.25) is 11.8 Å². The van der Waals surface area contributed by atoms with Gasteiger partial charge >= 0.3 is 5.97 Å². The molecular formula is C11H16N2O4. The van der Waals surface area contributed by atoms with Crippen molar-refractivity contribution >= 4 is 17.8 Å². The molecule has 0 aliphatic carbocycles. The van der Waals surface area contributed by atoms with Gasteiger partial charge in [0.25, 0.3) is 0 Å². The molecule has 2 aliphatic rings. The Balaban J connectivity index is 2.32. The van der Waals surface area contributed by atoms with Gasteiger partial charge in [0.05, 0.1) is 18.9 Å². The quantitative estimate of drug-likeness (QED) is 0.462. The van der Waals surface area contributed by atoms with E-state index in [1.807, 2.05) is 0 Å². The van der Waals surface area contributed by atoms with Crippen LogP contribution < -0.4 is 0 Å².